The van der Waals surface area contributed by atoms with Crippen LogP contribution in [0.5, 0.6) is 0 Å². The summed E-state index contributed by atoms with van der Waals surface area (Å²) in [5.74, 6) is -0.712. The molecule has 14 heavy (non-hydrogen) atoms. The Morgan fingerprint density at radius 3 is 2.57 bits per heavy atom. The van der Waals surface area contributed by atoms with Crippen molar-refractivity contribution in [3.8, 4) is 0 Å². The van der Waals surface area contributed by atoms with Crippen molar-refractivity contribution in [3.05, 3.63) is 0 Å². The van der Waals surface area contributed by atoms with E-state index in [4.69, 9.17) is 0 Å². The first-order chi connectivity index (χ1) is 6.61. The molecule has 0 aromatic heterocycles. The molecule has 1 aliphatic rings. The Bertz CT molecular complexity index is 284. The van der Waals surface area contributed by atoms with E-state index in [2.05, 4.69) is 4.18 Å². The monoisotopic (exact) mass is 217 g/mol. The molecule has 1 fully saturated rings. The van der Waals surface area contributed by atoms with E-state index >= 15 is 0 Å². The smallest absolute Gasteiger partial charge is 0.313 e. The van der Waals surface area contributed by atoms with Crippen LogP contribution < -0.4 is 0 Å². The summed E-state index contributed by atoms with van der Waals surface area (Å²) >= 11 is 0.365. The van der Waals surface area contributed by atoms with Gasteiger partial charge < -0.3 is 4.18 Å². The third kappa shape index (κ3) is 2.95. The van der Waals surface area contributed by atoms with Crippen molar-refractivity contribution in [2.24, 2.45) is 0 Å². The Labute approximate surface area is 85.2 Å². The van der Waals surface area contributed by atoms with Gasteiger partial charge >= 0.3 is 5.97 Å². The molecule has 5 nitrogen and oxygen atoms in total. The fraction of sp³-hybridized carbons (Fsp3) is 0.500. The molecule has 1 saturated heterocycles. The maximum Gasteiger partial charge on any atom is 0.313 e. The van der Waals surface area contributed by atoms with Crippen LogP contribution in [-0.4, -0.2) is 34.6 Å². The SMILES string of the molecule is CC(=O)O[SH]=CCN1C(=O)CCC1=O. The van der Waals surface area contributed by atoms with Crippen LogP contribution in [0.3, 0.4) is 0 Å². The summed E-state index contributed by atoms with van der Waals surface area (Å²) in [6, 6.07) is 0. The third-order valence-electron chi connectivity index (χ3n) is 1.67. The van der Waals surface area contributed by atoms with Gasteiger partial charge in [-0.05, 0) is 17.0 Å². The molecule has 0 aromatic carbocycles. The molecule has 0 radical (unpaired) electrons. The second-order valence-corrected chi connectivity index (χ2v) is 3.53. The molecular weight excluding hydrogens is 206 g/mol. The standard InChI is InChI=1S/C8H11NO4S/c1-6(10)13-14-5-4-9-7(11)2-3-8(9)12/h5,14H,2-4H2,1H3. The molecule has 0 bridgehead atoms. The van der Waals surface area contributed by atoms with Crippen molar-refractivity contribution >= 4 is 34.8 Å². The van der Waals surface area contributed by atoms with Gasteiger partial charge in [-0.2, -0.15) is 0 Å². The zero-order valence-electron chi connectivity index (χ0n) is 7.73. The Morgan fingerprint density at radius 2 is 2.07 bits per heavy atom. The van der Waals surface area contributed by atoms with Crippen LogP contribution in [0.15, 0.2) is 0 Å². The first-order valence-corrected chi connectivity index (χ1v) is 5.02. The van der Waals surface area contributed by atoms with Crippen molar-refractivity contribution in [3.63, 3.8) is 0 Å². The van der Waals surface area contributed by atoms with Crippen LogP contribution in [0.4, 0.5) is 0 Å². The summed E-state index contributed by atoms with van der Waals surface area (Å²) in [5.41, 5.74) is 0. The summed E-state index contributed by atoms with van der Waals surface area (Å²) in [4.78, 5) is 33.7. The topological polar surface area (TPSA) is 63.7 Å². The van der Waals surface area contributed by atoms with Gasteiger partial charge in [0.1, 0.15) is 0 Å². The molecule has 0 aliphatic carbocycles. The number of rotatable bonds is 3. The van der Waals surface area contributed by atoms with Crippen LogP contribution in [0, 0.1) is 0 Å². The van der Waals surface area contributed by atoms with Gasteiger partial charge in [0.05, 0.1) is 6.54 Å². The zero-order chi connectivity index (χ0) is 10.6. The molecule has 2 amide bonds. The first kappa shape index (κ1) is 10.9. The number of hydrogen-bond acceptors (Lipinski definition) is 4. The lowest BCUT2D eigenvalue weighted by atomic mass is 10.4. The van der Waals surface area contributed by atoms with Gasteiger partial charge in [-0.1, -0.05) is 0 Å². The Morgan fingerprint density at radius 1 is 1.50 bits per heavy atom. The summed E-state index contributed by atoms with van der Waals surface area (Å²) in [6.07, 6.45) is 0.578. The second-order valence-electron chi connectivity index (χ2n) is 2.77. The van der Waals surface area contributed by atoms with Crippen LogP contribution in [0.1, 0.15) is 19.8 Å². The summed E-state index contributed by atoms with van der Waals surface area (Å²) in [7, 11) is 0. The maximum atomic E-state index is 11.1. The maximum absolute atomic E-state index is 11.1. The third-order valence-corrected chi connectivity index (χ3v) is 2.35. The van der Waals surface area contributed by atoms with Crippen LogP contribution in [0.2, 0.25) is 0 Å². The summed E-state index contributed by atoms with van der Waals surface area (Å²) in [6.45, 7) is 1.51. The molecule has 0 saturated carbocycles. The molecule has 78 valence electrons. The highest BCUT2D eigenvalue weighted by molar-refractivity contribution is 7.93. The van der Waals surface area contributed by atoms with E-state index in [0.717, 1.165) is 4.90 Å². The average molecular weight is 217 g/mol. The van der Waals surface area contributed by atoms with Crippen LogP contribution in [-0.2, 0) is 18.6 Å². The Balaban J connectivity index is 2.37. The van der Waals surface area contributed by atoms with Crippen LogP contribution in [0.25, 0.3) is 0 Å². The number of carbonyl (C=O) groups excluding carboxylic acids is 3. The van der Waals surface area contributed by atoms with Crippen molar-refractivity contribution in [1.82, 2.24) is 4.90 Å². The van der Waals surface area contributed by atoms with Gasteiger partial charge in [0.2, 0.25) is 11.8 Å². The highest BCUT2D eigenvalue weighted by atomic mass is 32.2. The van der Waals surface area contributed by atoms with Gasteiger partial charge in [0.15, 0.2) is 0 Å². The molecule has 6 heteroatoms. The number of nitrogens with zero attached hydrogens (tertiary/aromatic N) is 1. The minimum Gasteiger partial charge on any atom is -0.404 e. The van der Waals surface area contributed by atoms with Gasteiger partial charge in [-0.25, -0.2) is 0 Å². The Kier molecular flexibility index (Phi) is 3.82. The molecule has 0 unspecified atom stereocenters. The van der Waals surface area contributed by atoms with E-state index in [1.807, 2.05) is 0 Å². The molecule has 1 rings (SSSR count). The predicted molar refractivity (Wildman–Crippen MR) is 52.8 cm³/mol. The number of carbonyl (C=O) groups is 3. The number of hydrogen-bond donors (Lipinski definition) is 1. The second kappa shape index (κ2) is 4.90. The fourth-order valence-electron chi connectivity index (χ4n) is 1.05. The molecule has 1 aliphatic heterocycles. The van der Waals surface area contributed by atoms with Crippen molar-refractivity contribution in [2.45, 2.75) is 19.8 Å². The number of likely N-dealkylation sites (tertiary alicyclic amines) is 1. The minimum atomic E-state index is -0.387. The van der Waals surface area contributed by atoms with Gasteiger partial charge in [-0.15, -0.1) is 0 Å². The number of thiol groups is 1. The highest BCUT2D eigenvalue weighted by Crippen LogP contribution is 2.10. The quantitative estimate of drug-likeness (QED) is 0.407. The molecular formula is C8H11NO4S. The molecule has 0 aromatic rings. The van der Waals surface area contributed by atoms with Crippen molar-refractivity contribution < 1.29 is 18.6 Å². The summed E-state index contributed by atoms with van der Waals surface area (Å²) < 4.78 is 4.60. The molecule has 0 atom stereocenters. The van der Waals surface area contributed by atoms with Crippen molar-refractivity contribution in [2.75, 3.05) is 6.54 Å². The lowest BCUT2D eigenvalue weighted by Crippen LogP contribution is -2.30. The largest absolute Gasteiger partial charge is 0.404 e. The Hall–Kier alpha value is -1.17. The molecule has 1 heterocycles. The van der Waals surface area contributed by atoms with Gasteiger partial charge in [-0.3, -0.25) is 19.3 Å². The van der Waals surface area contributed by atoms with E-state index < -0.39 is 0 Å². The number of amides is 2. The van der Waals surface area contributed by atoms with Gasteiger partial charge in [0, 0.05) is 19.8 Å². The van der Waals surface area contributed by atoms with Gasteiger partial charge in [0.25, 0.3) is 0 Å². The molecule has 0 N–H and O–H groups in total. The minimum absolute atomic E-state index is 0.163. The van der Waals surface area contributed by atoms with E-state index in [0.29, 0.717) is 11.6 Å². The van der Waals surface area contributed by atoms with E-state index in [-0.39, 0.29) is 37.2 Å². The average Bonchev–Trinajstić information content (AvgIpc) is 2.42. The van der Waals surface area contributed by atoms with Crippen LogP contribution >= 0.6 is 11.6 Å². The fourth-order valence-corrected chi connectivity index (χ4v) is 1.51. The predicted octanol–water partition coefficient (Wildman–Crippen LogP) is -0.119. The zero-order valence-corrected chi connectivity index (χ0v) is 8.62. The number of imide groups is 1. The molecule has 0 spiro atoms. The first-order valence-electron chi connectivity index (χ1n) is 4.14. The normalized spacial score (nSPS) is 17.4. The summed E-state index contributed by atoms with van der Waals surface area (Å²) in [5, 5.41) is 1.56. The van der Waals surface area contributed by atoms with Crippen molar-refractivity contribution in [1.29, 1.82) is 0 Å². The highest BCUT2D eigenvalue weighted by Gasteiger charge is 2.27. The lowest BCUT2D eigenvalue weighted by molar-refractivity contribution is -0.137. The lowest BCUT2D eigenvalue weighted by Gasteiger charge is -2.09. The van der Waals surface area contributed by atoms with E-state index in [1.165, 1.54) is 6.92 Å². The van der Waals surface area contributed by atoms with E-state index in [1.54, 1.807) is 5.37 Å². The van der Waals surface area contributed by atoms with E-state index in [9.17, 15) is 14.4 Å².